The summed E-state index contributed by atoms with van der Waals surface area (Å²) in [6.07, 6.45) is 3.60. The van der Waals surface area contributed by atoms with Crippen LogP contribution in [0.4, 0.5) is 5.69 Å². The van der Waals surface area contributed by atoms with E-state index in [1.807, 2.05) is 60.3 Å². The van der Waals surface area contributed by atoms with Gasteiger partial charge in [0.25, 0.3) is 5.91 Å². The van der Waals surface area contributed by atoms with Crippen LogP contribution in [0.3, 0.4) is 0 Å². The summed E-state index contributed by atoms with van der Waals surface area (Å²) in [4.78, 5) is 13.3. The van der Waals surface area contributed by atoms with Crippen LogP contribution in [-0.2, 0) is 11.3 Å². The number of aryl methyl sites for hydroxylation is 1. The van der Waals surface area contributed by atoms with Crippen molar-refractivity contribution in [1.29, 1.82) is 0 Å². The smallest absolute Gasteiger partial charge is 0.253 e. The molecule has 158 valence electrons. The van der Waals surface area contributed by atoms with Crippen molar-refractivity contribution in [3.63, 3.8) is 0 Å². The Morgan fingerprint density at radius 1 is 1.23 bits per heavy atom. The van der Waals surface area contributed by atoms with Gasteiger partial charge in [0, 0.05) is 31.2 Å². The molecule has 0 radical (unpaired) electrons. The summed E-state index contributed by atoms with van der Waals surface area (Å²) >= 11 is 0. The summed E-state index contributed by atoms with van der Waals surface area (Å²) in [5.74, 6) is -0.224. The lowest BCUT2D eigenvalue weighted by Gasteiger charge is -2.26. The quantitative estimate of drug-likeness (QED) is 0.559. The van der Waals surface area contributed by atoms with E-state index in [1.54, 1.807) is 0 Å². The van der Waals surface area contributed by atoms with Crippen LogP contribution in [-0.4, -0.2) is 46.7 Å². The Kier molecular flexibility index (Phi) is 6.30. The van der Waals surface area contributed by atoms with Crippen LogP contribution in [0.25, 0.3) is 10.9 Å². The highest BCUT2D eigenvalue weighted by atomic mass is 16.5. The largest absolute Gasteiger partial charge is 0.394 e. The van der Waals surface area contributed by atoms with Crippen molar-refractivity contribution in [2.45, 2.75) is 38.4 Å². The highest BCUT2D eigenvalue weighted by Crippen LogP contribution is 2.30. The maximum absolute atomic E-state index is 13.3. The number of carbonyl (C=O) groups excluding carboxylic acids is 1. The first-order valence-corrected chi connectivity index (χ1v) is 10.5. The van der Waals surface area contributed by atoms with Crippen LogP contribution in [0.2, 0.25) is 0 Å². The monoisotopic (exact) mass is 408 g/mol. The number of nitrogens with zero attached hydrogens (tertiary/aromatic N) is 2. The first-order chi connectivity index (χ1) is 14.7. The molecule has 0 aliphatic carbocycles. The third-order valence-electron chi connectivity index (χ3n) is 5.63. The Hall–Kier alpha value is -2.90. The van der Waals surface area contributed by atoms with Gasteiger partial charge in [-0.2, -0.15) is 5.10 Å². The summed E-state index contributed by atoms with van der Waals surface area (Å²) in [6.45, 7) is 4.05. The molecule has 1 aliphatic rings. The van der Waals surface area contributed by atoms with Gasteiger partial charge in [-0.25, -0.2) is 0 Å². The molecule has 1 amide bonds. The number of nitrogens with one attached hydrogen (secondary N) is 2. The van der Waals surface area contributed by atoms with Crippen molar-refractivity contribution in [3.8, 4) is 0 Å². The molecule has 4 rings (SSSR count). The molecule has 1 fully saturated rings. The normalized spacial score (nSPS) is 15.8. The zero-order chi connectivity index (χ0) is 20.9. The van der Waals surface area contributed by atoms with Crippen molar-refractivity contribution in [3.05, 3.63) is 59.8 Å². The fourth-order valence-corrected chi connectivity index (χ4v) is 3.95. The van der Waals surface area contributed by atoms with E-state index >= 15 is 0 Å². The van der Waals surface area contributed by atoms with E-state index in [2.05, 4.69) is 15.7 Å². The van der Waals surface area contributed by atoms with Crippen molar-refractivity contribution < 1.29 is 14.6 Å². The van der Waals surface area contributed by atoms with E-state index in [0.717, 1.165) is 41.5 Å². The first kappa shape index (κ1) is 20.4. The lowest BCUT2D eigenvalue weighted by Crippen LogP contribution is -2.33. The molecule has 0 unspecified atom stereocenters. The van der Waals surface area contributed by atoms with Crippen LogP contribution >= 0.6 is 0 Å². The van der Waals surface area contributed by atoms with Gasteiger partial charge in [0.2, 0.25) is 0 Å². The number of amides is 1. The first-order valence-electron chi connectivity index (χ1n) is 10.5. The lowest BCUT2D eigenvalue weighted by molar-refractivity contribution is 0.0901. The van der Waals surface area contributed by atoms with E-state index in [4.69, 9.17) is 4.74 Å². The average molecular weight is 409 g/mol. The minimum atomic E-state index is -0.469. The molecule has 1 saturated heterocycles. The summed E-state index contributed by atoms with van der Waals surface area (Å²) < 4.78 is 7.40. The highest BCUT2D eigenvalue weighted by Gasteiger charge is 2.23. The van der Waals surface area contributed by atoms with Crippen LogP contribution < -0.4 is 10.6 Å². The maximum Gasteiger partial charge on any atom is 0.253 e. The number of hydrogen-bond acceptors (Lipinski definition) is 5. The second-order valence-electron chi connectivity index (χ2n) is 7.53. The van der Waals surface area contributed by atoms with Gasteiger partial charge in [0.15, 0.2) is 0 Å². The number of ether oxygens (including phenoxy) is 1. The Bertz CT molecular complexity index is 996. The van der Waals surface area contributed by atoms with Gasteiger partial charge in [0.05, 0.1) is 35.6 Å². The second-order valence-corrected chi connectivity index (χ2v) is 7.53. The minimum Gasteiger partial charge on any atom is -0.394 e. The third-order valence-corrected chi connectivity index (χ3v) is 5.63. The van der Waals surface area contributed by atoms with Gasteiger partial charge >= 0.3 is 0 Å². The summed E-state index contributed by atoms with van der Waals surface area (Å²) in [5, 5.41) is 21.8. The molecule has 0 saturated carbocycles. The number of fused-ring (bicyclic) bond motifs is 1. The zero-order valence-electron chi connectivity index (χ0n) is 17.2. The zero-order valence-corrected chi connectivity index (χ0v) is 17.2. The van der Waals surface area contributed by atoms with Gasteiger partial charge in [-0.1, -0.05) is 30.3 Å². The van der Waals surface area contributed by atoms with Crippen molar-refractivity contribution >= 4 is 22.5 Å². The van der Waals surface area contributed by atoms with Gasteiger partial charge in [-0.15, -0.1) is 0 Å². The van der Waals surface area contributed by atoms with E-state index in [1.165, 1.54) is 0 Å². The van der Waals surface area contributed by atoms with E-state index < -0.39 is 6.04 Å². The summed E-state index contributed by atoms with van der Waals surface area (Å²) in [7, 11) is 0. The number of hydrogen-bond donors (Lipinski definition) is 3. The molecular formula is C23H28N4O3. The SMILES string of the molecule is CCn1ncc2c(NC3CCOCC3)c(C(=O)N[C@@H](CO)c3ccccc3)ccc21. The molecule has 7 heteroatoms. The molecule has 7 nitrogen and oxygen atoms in total. The predicted molar refractivity (Wildman–Crippen MR) is 117 cm³/mol. The highest BCUT2D eigenvalue weighted by molar-refractivity contribution is 6.07. The minimum absolute atomic E-state index is 0.172. The number of aliphatic hydroxyl groups is 1. The number of aromatic nitrogens is 2. The van der Waals surface area contributed by atoms with Crippen LogP contribution in [0.15, 0.2) is 48.7 Å². The number of benzene rings is 2. The Labute approximate surface area is 176 Å². The van der Waals surface area contributed by atoms with Gasteiger partial charge in [-0.3, -0.25) is 9.48 Å². The second kappa shape index (κ2) is 9.28. The molecule has 30 heavy (non-hydrogen) atoms. The van der Waals surface area contributed by atoms with Gasteiger partial charge < -0.3 is 20.5 Å². The van der Waals surface area contributed by atoms with E-state index in [9.17, 15) is 9.90 Å². The Balaban J connectivity index is 1.67. The van der Waals surface area contributed by atoms with Gasteiger partial charge in [-0.05, 0) is 37.5 Å². The predicted octanol–water partition coefficient (Wildman–Crippen LogP) is 3.11. The van der Waals surface area contributed by atoms with Crippen molar-refractivity contribution in [1.82, 2.24) is 15.1 Å². The molecule has 2 aromatic carbocycles. The molecule has 0 bridgehead atoms. The fraction of sp³-hybridized carbons (Fsp3) is 0.391. The molecule has 1 aromatic heterocycles. The van der Waals surface area contributed by atoms with Crippen molar-refractivity contribution in [2.24, 2.45) is 0 Å². The molecule has 0 spiro atoms. The van der Waals surface area contributed by atoms with Gasteiger partial charge in [0.1, 0.15) is 0 Å². The van der Waals surface area contributed by atoms with Crippen LogP contribution in [0.1, 0.15) is 41.7 Å². The molecular weight excluding hydrogens is 380 g/mol. The fourth-order valence-electron chi connectivity index (χ4n) is 3.95. The molecule has 3 N–H and O–H groups in total. The van der Waals surface area contributed by atoms with Crippen molar-refractivity contribution in [2.75, 3.05) is 25.1 Å². The van der Waals surface area contributed by atoms with Crippen LogP contribution in [0, 0.1) is 0 Å². The molecule has 2 heterocycles. The number of aliphatic hydroxyl groups excluding tert-OH is 1. The number of rotatable bonds is 7. The number of carbonyl (C=O) groups is 1. The lowest BCUT2D eigenvalue weighted by atomic mass is 10.0. The third kappa shape index (κ3) is 4.17. The maximum atomic E-state index is 13.3. The summed E-state index contributed by atoms with van der Waals surface area (Å²) in [5.41, 5.74) is 3.21. The molecule has 3 aromatic rings. The summed E-state index contributed by atoms with van der Waals surface area (Å²) in [6, 6.07) is 13.1. The average Bonchev–Trinajstić information content (AvgIpc) is 3.22. The van der Waals surface area contributed by atoms with Crippen LogP contribution in [0.5, 0.6) is 0 Å². The van der Waals surface area contributed by atoms with E-state index in [0.29, 0.717) is 18.8 Å². The standard InChI is InChI=1S/C23H28N4O3/c1-2-27-21-9-8-18(23(29)26-20(15-28)16-6-4-3-5-7-16)22(19(21)14-24-27)25-17-10-12-30-13-11-17/h3-9,14,17,20,25,28H,2,10-13,15H2,1H3,(H,26,29)/t20-/m0/s1. The Morgan fingerprint density at radius 2 is 2.00 bits per heavy atom. The molecule has 1 atom stereocenters. The number of anilines is 1. The molecule has 1 aliphatic heterocycles. The topological polar surface area (TPSA) is 88.4 Å². The Morgan fingerprint density at radius 3 is 2.70 bits per heavy atom. The van der Waals surface area contributed by atoms with E-state index in [-0.39, 0.29) is 18.6 Å².